The summed E-state index contributed by atoms with van der Waals surface area (Å²) < 4.78 is 4.68. The highest BCUT2D eigenvalue weighted by Gasteiger charge is 1.93. The number of carbonyl (C=O) groups excluding carboxylic acids is 1. The zero-order valence-corrected chi connectivity index (χ0v) is 6.78. The number of aromatic amines is 1. The Bertz CT molecular complexity index is 265. The van der Waals surface area contributed by atoms with Gasteiger partial charge in [-0.1, -0.05) is 0 Å². The van der Waals surface area contributed by atoms with Gasteiger partial charge in [0.2, 0.25) is 0 Å². The van der Waals surface area contributed by atoms with Gasteiger partial charge in [0.05, 0.1) is 12.3 Å². The van der Waals surface area contributed by atoms with Crippen molar-refractivity contribution in [3.63, 3.8) is 0 Å². The molecule has 0 aliphatic rings. The molecular weight excluding hydrogens is 156 g/mol. The van der Waals surface area contributed by atoms with Gasteiger partial charge in [0.1, 0.15) is 0 Å². The smallest absolute Gasteiger partial charge is 0.330 e. The number of hydrogen-bond donors (Lipinski definition) is 1. The summed E-state index contributed by atoms with van der Waals surface area (Å²) in [6.07, 6.45) is 4.59. The fourth-order valence-corrected chi connectivity index (χ4v) is 0.708. The van der Waals surface area contributed by atoms with Gasteiger partial charge in [0, 0.05) is 12.3 Å². The highest BCUT2D eigenvalue weighted by molar-refractivity contribution is 5.86. The predicted octanol–water partition coefficient (Wildman–Crippen LogP) is 0.986. The van der Waals surface area contributed by atoms with Crippen molar-refractivity contribution < 1.29 is 9.53 Å². The van der Waals surface area contributed by atoms with E-state index in [1.54, 1.807) is 25.3 Å². The molecule has 0 unspecified atom stereocenters. The van der Waals surface area contributed by atoms with Crippen LogP contribution < -0.4 is 0 Å². The van der Waals surface area contributed by atoms with Gasteiger partial charge in [-0.15, -0.1) is 0 Å². The van der Waals surface area contributed by atoms with Crippen molar-refractivity contribution in [2.45, 2.75) is 6.92 Å². The molecule has 1 N–H and O–H groups in total. The van der Waals surface area contributed by atoms with E-state index in [-0.39, 0.29) is 5.97 Å². The van der Waals surface area contributed by atoms with Crippen LogP contribution in [0.4, 0.5) is 0 Å². The minimum Gasteiger partial charge on any atom is -0.463 e. The Morgan fingerprint density at radius 2 is 2.67 bits per heavy atom. The Hall–Kier alpha value is -1.58. The van der Waals surface area contributed by atoms with Crippen molar-refractivity contribution in [3.8, 4) is 0 Å². The number of esters is 1. The highest BCUT2D eigenvalue weighted by atomic mass is 16.5. The van der Waals surface area contributed by atoms with E-state index >= 15 is 0 Å². The van der Waals surface area contributed by atoms with E-state index in [9.17, 15) is 4.79 Å². The Morgan fingerprint density at radius 1 is 1.83 bits per heavy atom. The molecule has 0 atom stereocenters. The predicted molar refractivity (Wildman–Crippen MR) is 44.3 cm³/mol. The summed E-state index contributed by atoms with van der Waals surface area (Å²) in [7, 11) is 0. The lowest BCUT2D eigenvalue weighted by Gasteiger charge is -1.92. The number of nitrogens with one attached hydrogen (secondary N) is 1. The number of hydrogen-bond acceptors (Lipinski definition) is 3. The largest absolute Gasteiger partial charge is 0.463 e. The summed E-state index contributed by atoms with van der Waals surface area (Å²) in [6, 6.07) is 1.76. The van der Waals surface area contributed by atoms with Crippen LogP contribution in [0.5, 0.6) is 0 Å². The highest BCUT2D eigenvalue weighted by Crippen LogP contribution is 1.94. The fourth-order valence-electron chi connectivity index (χ4n) is 0.708. The molecule has 1 heterocycles. The molecule has 0 saturated carbocycles. The average Bonchev–Trinajstić information content (AvgIpc) is 2.53. The third kappa shape index (κ3) is 2.57. The Balaban J connectivity index is 2.45. The minimum absolute atomic E-state index is 0.341. The summed E-state index contributed by atoms with van der Waals surface area (Å²) in [6.45, 7) is 2.16. The Labute approximate surface area is 70.2 Å². The van der Waals surface area contributed by atoms with Gasteiger partial charge in [-0.2, -0.15) is 5.10 Å². The number of nitrogens with zero attached hydrogens (tertiary/aromatic N) is 1. The number of H-pyrrole nitrogens is 1. The molecule has 0 aliphatic carbocycles. The zero-order chi connectivity index (χ0) is 8.81. The maximum absolute atomic E-state index is 10.8. The molecule has 0 spiro atoms. The first-order valence-electron chi connectivity index (χ1n) is 3.67. The van der Waals surface area contributed by atoms with Gasteiger partial charge >= 0.3 is 5.97 Å². The van der Waals surface area contributed by atoms with Crippen molar-refractivity contribution in [2.75, 3.05) is 6.61 Å². The number of rotatable bonds is 3. The van der Waals surface area contributed by atoms with Crippen LogP contribution in [0.3, 0.4) is 0 Å². The van der Waals surface area contributed by atoms with E-state index in [0.29, 0.717) is 6.61 Å². The quantitative estimate of drug-likeness (QED) is 0.538. The molecule has 0 fully saturated rings. The molecule has 1 rings (SSSR count). The standard InChI is InChI=1S/C8H10N2O2/c1-2-12-8(11)4-3-7-5-6-9-10-7/h3-6H,2H2,1H3,(H,9,10)/b4-3+. The second-order valence-corrected chi connectivity index (χ2v) is 2.10. The summed E-state index contributed by atoms with van der Waals surface area (Å²) >= 11 is 0. The summed E-state index contributed by atoms with van der Waals surface area (Å²) in [5, 5.41) is 6.41. The molecule has 0 radical (unpaired) electrons. The number of aromatic nitrogens is 2. The number of ether oxygens (including phenoxy) is 1. The maximum Gasteiger partial charge on any atom is 0.330 e. The lowest BCUT2D eigenvalue weighted by molar-refractivity contribution is -0.137. The molecule has 12 heavy (non-hydrogen) atoms. The van der Waals surface area contributed by atoms with Gasteiger partial charge in [-0.3, -0.25) is 5.10 Å². The van der Waals surface area contributed by atoms with Gasteiger partial charge in [0.25, 0.3) is 0 Å². The molecule has 1 aromatic rings. The topological polar surface area (TPSA) is 55.0 Å². The van der Waals surface area contributed by atoms with E-state index < -0.39 is 0 Å². The Kier molecular flexibility index (Phi) is 3.07. The molecular formula is C8H10N2O2. The van der Waals surface area contributed by atoms with Gasteiger partial charge in [-0.05, 0) is 19.1 Å². The second-order valence-electron chi connectivity index (χ2n) is 2.10. The van der Waals surface area contributed by atoms with E-state index in [2.05, 4.69) is 14.9 Å². The third-order valence-corrected chi connectivity index (χ3v) is 1.21. The maximum atomic E-state index is 10.8. The van der Waals surface area contributed by atoms with Gasteiger partial charge in [0.15, 0.2) is 0 Å². The fraction of sp³-hybridized carbons (Fsp3) is 0.250. The molecule has 0 aromatic carbocycles. The third-order valence-electron chi connectivity index (χ3n) is 1.21. The van der Waals surface area contributed by atoms with Crippen molar-refractivity contribution in [3.05, 3.63) is 24.0 Å². The van der Waals surface area contributed by atoms with Crippen LogP contribution in [0.2, 0.25) is 0 Å². The minimum atomic E-state index is -0.341. The summed E-state index contributed by atoms with van der Waals surface area (Å²) in [4.78, 5) is 10.8. The summed E-state index contributed by atoms with van der Waals surface area (Å²) in [5.74, 6) is -0.341. The number of carbonyl (C=O) groups is 1. The van der Waals surface area contributed by atoms with Crippen LogP contribution in [-0.4, -0.2) is 22.8 Å². The van der Waals surface area contributed by atoms with Crippen LogP contribution >= 0.6 is 0 Å². The van der Waals surface area contributed by atoms with Crippen LogP contribution in [0.25, 0.3) is 6.08 Å². The SMILES string of the molecule is CCOC(=O)/C=C/c1ccn[nH]1. The first-order valence-corrected chi connectivity index (χ1v) is 3.67. The van der Waals surface area contributed by atoms with Gasteiger partial charge in [-0.25, -0.2) is 4.79 Å². The van der Waals surface area contributed by atoms with Crippen molar-refractivity contribution in [2.24, 2.45) is 0 Å². The van der Waals surface area contributed by atoms with E-state index in [0.717, 1.165) is 5.69 Å². The van der Waals surface area contributed by atoms with Crippen LogP contribution in [-0.2, 0) is 9.53 Å². The summed E-state index contributed by atoms with van der Waals surface area (Å²) in [5.41, 5.74) is 0.781. The van der Waals surface area contributed by atoms with E-state index in [4.69, 9.17) is 0 Å². The van der Waals surface area contributed by atoms with Crippen LogP contribution in [0.15, 0.2) is 18.3 Å². The van der Waals surface area contributed by atoms with Crippen LogP contribution in [0.1, 0.15) is 12.6 Å². The average molecular weight is 166 g/mol. The molecule has 1 aromatic heterocycles. The molecule has 4 nitrogen and oxygen atoms in total. The van der Waals surface area contributed by atoms with Crippen molar-refractivity contribution >= 4 is 12.0 Å². The molecule has 0 bridgehead atoms. The zero-order valence-electron chi connectivity index (χ0n) is 6.78. The lowest BCUT2D eigenvalue weighted by Crippen LogP contribution is -1.98. The van der Waals surface area contributed by atoms with Gasteiger partial charge < -0.3 is 4.74 Å². The first kappa shape index (κ1) is 8.52. The van der Waals surface area contributed by atoms with Crippen molar-refractivity contribution in [1.82, 2.24) is 10.2 Å². The normalized spacial score (nSPS) is 10.4. The molecule has 0 amide bonds. The monoisotopic (exact) mass is 166 g/mol. The lowest BCUT2D eigenvalue weighted by atomic mass is 10.4. The second kappa shape index (κ2) is 4.33. The Morgan fingerprint density at radius 3 is 3.25 bits per heavy atom. The van der Waals surface area contributed by atoms with Crippen molar-refractivity contribution in [1.29, 1.82) is 0 Å². The molecule has 0 aliphatic heterocycles. The molecule has 4 heteroatoms. The van der Waals surface area contributed by atoms with E-state index in [1.165, 1.54) is 6.08 Å². The molecule has 0 saturated heterocycles. The van der Waals surface area contributed by atoms with Crippen LogP contribution in [0, 0.1) is 0 Å². The molecule has 64 valence electrons. The first-order chi connectivity index (χ1) is 5.83. The van der Waals surface area contributed by atoms with E-state index in [1.807, 2.05) is 0 Å².